The Hall–Kier alpha value is -1.94. The number of rotatable bonds is 7. The van der Waals surface area contributed by atoms with Gasteiger partial charge in [-0.25, -0.2) is 4.39 Å². The lowest BCUT2D eigenvalue weighted by Crippen LogP contribution is -2.14. The van der Waals surface area contributed by atoms with Crippen LogP contribution in [0.1, 0.15) is 30.3 Å². The van der Waals surface area contributed by atoms with Crippen molar-refractivity contribution in [1.82, 2.24) is 10.3 Å². The zero-order valence-corrected chi connectivity index (χ0v) is 12.5. The zero-order chi connectivity index (χ0) is 15.1. The molecule has 0 aliphatic heterocycles. The second-order valence-electron chi connectivity index (χ2n) is 5.03. The van der Waals surface area contributed by atoms with Gasteiger partial charge in [-0.15, -0.1) is 0 Å². The lowest BCUT2D eigenvalue weighted by molar-refractivity contribution is 0.299. The van der Waals surface area contributed by atoms with Crippen molar-refractivity contribution in [1.29, 1.82) is 0 Å². The van der Waals surface area contributed by atoms with Crippen LogP contribution in [0.2, 0.25) is 0 Å². The largest absolute Gasteiger partial charge is 0.487 e. The molecule has 0 spiro atoms. The molecule has 1 N–H and O–H groups in total. The molecule has 0 bridgehead atoms. The number of pyridine rings is 1. The second kappa shape index (κ2) is 7.74. The van der Waals surface area contributed by atoms with Crippen molar-refractivity contribution >= 4 is 0 Å². The van der Waals surface area contributed by atoms with E-state index in [2.05, 4.69) is 17.2 Å². The summed E-state index contributed by atoms with van der Waals surface area (Å²) in [4.78, 5) is 4.36. The van der Waals surface area contributed by atoms with Crippen LogP contribution in [0.15, 0.2) is 36.4 Å². The minimum Gasteiger partial charge on any atom is -0.487 e. The Morgan fingerprint density at radius 2 is 2.10 bits per heavy atom. The second-order valence-corrected chi connectivity index (χ2v) is 5.03. The lowest BCUT2D eigenvalue weighted by atomic mass is 10.2. The maximum Gasteiger partial charge on any atom is 0.130 e. The topological polar surface area (TPSA) is 34.1 Å². The molecular formula is C17H21FN2O. The molecule has 3 nitrogen and oxygen atoms in total. The summed E-state index contributed by atoms with van der Waals surface area (Å²) in [5, 5.41) is 3.25. The van der Waals surface area contributed by atoms with Gasteiger partial charge in [-0.05, 0) is 49.7 Å². The first-order valence-corrected chi connectivity index (χ1v) is 7.23. The van der Waals surface area contributed by atoms with E-state index in [1.807, 2.05) is 31.2 Å². The predicted octanol–water partition coefficient (Wildman–Crippen LogP) is 3.61. The normalized spacial score (nSPS) is 10.6. The van der Waals surface area contributed by atoms with Crippen LogP contribution in [-0.4, -0.2) is 11.5 Å². The van der Waals surface area contributed by atoms with Gasteiger partial charge in [-0.1, -0.05) is 13.0 Å². The van der Waals surface area contributed by atoms with Gasteiger partial charge in [0.05, 0.1) is 5.69 Å². The summed E-state index contributed by atoms with van der Waals surface area (Å²) in [5.74, 6) is 0.254. The van der Waals surface area contributed by atoms with Crippen LogP contribution in [0.3, 0.4) is 0 Å². The number of ether oxygens (including phenoxy) is 1. The Bertz CT molecular complexity index is 587. The van der Waals surface area contributed by atoms with Crippen LogP contribution in [0, 0.1) is 12.7 Å². The molecule has 112 valence electrons. The summed E-state index contributed by atoms with van der Waals surface area (Å²) in [7, 11) is 0. The number of hydrogen-bond donors (Lipinski definition) is 1. The standard InChI is InChI=1S/C17H21FN2O/c1-3-7-19-11-14-8-15(18)10-17(9-14)21-12-16-6-4-5-13(2)20-16/h4-6,8-10,19H,3,7,11-12H2,1-2H3. The number of aryl methyl sites for hydroxylation is 1. The van der Waals surface area contributed by atoms with Crippen molar-refractivity contribution in [2.24, 2.45) is 0 Å². The molecule has 2 rings (SSSR count). The number of nitrogens with zero attached hydrogens (tertiary/aromatic N) is 1. The Morgan fingerprint density at radius 1 is 1.24 bits per heavy atom. The third-order valence-electron chi connectivity index (χ3n) is 3.02. The average Bonchev–Trinajstić information content (AvgIpc) is 2.45. The molecule has 0 atom stereocenters. The number of halogens is 1. The number of nitrogens with one attached hydrogen (secondary N) is 1. The highest BCUT2D eigenvalue weighted by Gasteiger charge is 2.03. The summed E-state index contributed by atoms with van der Waals surface area (Å²) in [6.07, 6.45) is 1.05. The van der Waals surface area contributed by atoms with Crippen molar-refractivity contribution in [2.75, 3.05) is 6.54 Å². The molecule has 0 aliphatic rings. The SMILES string of the molecule is CCCNCc1cc(F)cc(OCc2cccc(C)n2)c1. The maximum absolute atomic E-state index is 13.6. The molecule has 0 aliphatic carbocycles. The molecule has 0 saturated heterocycles. The summed E-state index contributed by atoms with van der Waals surface area (Å²) in [6, 6.07) is 10.6. The van der Waals surface area contributed by atoms with Gasteiger partial charge in [0.2, 0.25) is 0 Å². The highest BCUT2D eigenvalue weighted by atomic mass is 19.1. The Morgan fingerprint density at radius 3 is 2.86 bits per heavy atom. The summed E-state index contributed by atoms with van der Waals surface area (Å²) < 4.78 is 19.2. The molecule has 0 unspecified atom stereocenters. The monoisotopic (exact) mass is 288 g/mol. The van der Waals surface area contributed by atoms with Crippen LogP contribution in [0.4, 0.5) is 4.39 Å². The first-order chi connectivity index (χ1) is 10.2. The number of hydrogen-bond acceptors (Lipinski definition) is 3. The molecule has 1 heterocycles. The van der Waals surface area contributed by atoms with Gasteiger partial charge >= 0.3 is 0 Å². The molecule has 1 aromatic carbocycles. The van der Waals surface area contributed by atoms with Gasteiger partial charge in [-0.3, -0.25) is 4.98 Å². The van der Waals surface area contributed by atoms with Crippen molar-refractivity contribution in [3.8, 4) is 5.75 Å². The minimum absolute atomic E-state index is 0.280. The van der Waals surface area contributed by atoms with Crippen molar-refractivity contribution in [3.05, 3.63) is 59.2 Å². The van der Waals surface area contributed by atoms with Crippen LogP contribution in [0.25, 0.3) is 0 Å². The average molecular weight is 288 g/mol. The molecule has 2 aromatic rings. The van der Waals surface area contributed by atoms with E-state index < -0.39 is 0 Å². The summed E-state index contributed by atoms with van der Waals surface area (Å²) in [6.45, 7) is 5.93. The Kier molecular flexibility index (Phi) is 5.69. The quantitative estimate of drug-likeness (QED) is 0.790. The molecular weight excluding hydrogens is 267 g/mol. The van der Waals surface area contributed by atoms with Gasteiger partial charge in [0, 0.05) is 18.3 Å². The van der Waals surface area contributed by atoms with E-state index in [0.29, 0.717) is 18.9 Å². The van der Waals surface area contributed by atoms with Gasteiger partial charge < -0.3 is 10.1 Å². The van der Waals surface area contributed by atoms with E-state index in [4.69, 9.17) is 4.74 Å². The van der Waals surface area contributed by atoms with Crippen molar-refractivity contribution in [2.45, 2.75) is 33.4 Å². The fourth-order valence-corrected chi connectivity index (χ4v) is 2.05. The zero-order valence-electron chi connectivity index (χ0n) is 12.5. The maximum atomic E-state index is 13.6. The van der Waals surface area contributed by atoms with E-state index >= 15 is 0 Å². The van der Waals surface area contributed by atoms with Crippen molar-refractivity contribution in [3.63, 3.8) is 0 Å². The predicted molar refractivity (Wildman–Crippen MR) is 81.7 cm³/mol. The fourth-order valence-electron chi connectivity index (χ4n) is 2.05. The minimum atomic E-state index is -0.280. The number of aromatic nitrogens is 1. The molecule has 21 heavy (non-hydrogen) atoms. The van der Waals surface area contributed by atoms with E-state index in [1.54, 1.807) is 0 Å². The van der Waals surface area contributed by atoms with E-state index in [9.17, 15) is 4.39 Å². The van der Waals surface area contributed by atoms with Crippen LogP contribution < -0.4 is 10.1 Å². The fraction of sp³-hybridized carbons (Fsp3) is 0.353. The van der Waals surface area contributed by atoms with Gasteiger partial charge in [0.15, 0.2) is 0 Å². The van der Waals surface area contributed by atoms with Crippen LogP contribution in [-0.2, 0) is 13.2 Å². The highest BCUT2D eigenvalue weighted by molar-refractivity contribution is 5.29. The van der Waals surface area contributed by atoms with E-state index in [0.717, 1.165) is 29.9 Å². The molecule has 0 amide bonds. The first kappa shape index (κ1) is 15.4. The van der Waals surface area contributed by atoms with Gasteiger partial charge in [0.25, 0.3) is 0 Å². The Labute approximate surface area is 125 Å². The van der Waals surface area contributed by atoms with E-state index in [1.165, 1.54) is 12.1 Å². The van der Waals surface area contributed by atoms with Crippen LogP contribution in [0.5, 0.6) is 5.75 Å². The molecule has 0 fully saturated rings. The van der Waals surface area contributed by atoms with Crippen LogP contribution >= 0.6 is 0 Å². The number of benzene rings is 1. The summed E-state index contributed by atoms with van der Waals surface area (Å²) >= 11 is 0. The van der Waals surface area contributed by atoms with Gasteiger partial charge in [-0.2, -0.15) is 0 Å². The smallest absolute Gasteiger partial charge is 0.130 e. The summed E-state index contributed by atoms with van der Waals surface area (Å²) in [5.41, 5.74) is 2.67. The van der Waals surface area contributed by atoms with E-state index in [-0.39, 0.29) is 5.82 Å². The third-order valence-corrected chi connectivity index (χ3v) is 3.02. The molecule has 0 radical (unpaired) electrons. The highest BCUT2D eigenvalue weighted by Crippen LogP contribution is 2.17. The van der Waals surface area contributed by atoms with Crippen molar-refractivity contribution < 1.29 is 9.13 Å². The lowest BCUT2D eigenvalue weighted by Gasteiger charge is -2.09. The molecule has 1 aromatic heterocycles. The molecule has 4 heteroatoms. The third kappa shape index (κ3) is 5.16. The first-order valence-electron chi connectivity index (χ1n) is 7.23. The molecule has 0 saturated carbocycles. The Balaban J connectivity index is 1.99. The van der Waals surface area contributed by atoms with Gasteiger partial charge in [0.1, 0.15) is 18.2 Å².